The molecule has 1 aliphatic heterocycles. The zero-order valence-corrected chi connectivity index (χ0v) is 13.4. The Kier molecular flexibility index (Phi) is 5.26. The molecular weight excluding hydrogens is 310 g/mol. The number of sulfone groups is 1. The number of carbonyl (C=O) groups excluding carboxylic acids is 1. The molecule has 0 spiro atoms. The molecular formula is C13H19N3O3S2. The van der Waals surface area contributed by atoms with E-state index in [-0.39, 0.29) is 5.91 Å². The first-order valence-corrected chi connectivity index (χ1v) is 9.63. The quantitative estimate of drug-likeness (QED) is 0.466. The second-order valence-electron chi connectivity index (χ2n) is 5.00. The van der Waals surface area contributed by atoms with Crippen molar-refractivity contribution >= 4 is 27.5 Å². The number of nitrogen functional groups attached to an aromatic ring is 1. The van der Waals surface area contributed by atoms with E-state index in [1.54, 1.807) is 23.9 Å². The second kappa shape index (κ2) is 6.78. The Labute approximate surface area is 129 Å². The first kappa shape index (κ1) is 16.3. The van der Waals surface area contributed by atoms with Crippen LogP contribution in [-0.4, -0.2) is 48.9 Å². The molecule has 1 aliphatic rings. The minimum atomic E-state index is -3.10. The van der Waals surface area contributed by atoms with Crippen molar-refractivity contribution < 1.29 is 13.2 Å². The molecule has 1 aromatic carbocycles. The van der Waals surface area contributed by atoms with Crippen LogP contribution in [0.5, 0.6) is 0 Å². The Balaban J connectivity index is 2.11. The Morgan fingerprint density at radius 3 is 2.67 bits per heavy atom. The molecule has 0 aromatic heterocycles. The van der Waals surface area contributed by atoms with Gasteiger partial charge in [0.15, 0.2) is 9.84 Å². The number of hydrazine groups is 1. The lowest BCUT2D eigenvalue weighted by Gasteiger charge is -2.34. The number of nitrogens with zero attached hydrogens (tertiary/aromatic N) is 1. The topological polar surface area (TPSA) is 92.5 Å². The largest absolute Gasteiger partial charge is 0.290 e. The molecule has 0 bridgehead atoms. The van der Waals surface area contributed by atoms with Gasteiger partial charge in [0.05, 0.1) is 0 Å². The third-order valence-corrected chi connectivity index (χ3v) is 6.10. The lowest BCUT2D eigenvalue weighted by atomic mass is 10.1. The maximum atomic E-state index is 11.8. The van der Waals surface area contributed by atoms with Gasteiger partial charge in [-0.15, -0.1) is 0 Å². The Hall–Kier alpha value is -1.09. The van der Waals surface area contributed by atoms with E-state index >= 15 is 0 Å². The van der Waals surface area contributed by atoms with Crippen LogP contribution in [0.1, 0.15) is 15.9 Å². The third-order valence-electron chi connectivity index (χ3n) is 3.42. The summed E-state index contributed by atoms with van der Waals surface area (Å²) in [4.78, 5) is 13.3. The van der Waals surface area contributed by atoms with E-state index in [1.807, 2.05) is 17.0 Å². The van der Waals surface area contributed by atoms with Crippen LogP contribution in [0.25, 0.3) is 0 Å². The van der Waals surface area contributed by atoms with Gasteiger partial charge in [-0.25, -0.2) is 14.3 Å². The fourth-order valence-corrected chi connectivity index (χ4v) is 5.21. The first-order chi connectivity index (χ1) is 9.91. The fraction of sp³-hybridized carbons (Fsp3) is 0.462. The van der Waals surface area contributed by atoms with Gasteiger partial charge < -0.3 is 0 Å². The summed E-state index contributed by atoms with van der Waals surface area (Å²) in [5.74, 6) is 6.27. The zero-order chi connectivity index (χ0) is 15.5. The van der Waals surface area contributed by atoms with Crippen molar-refractivity contribution in [2.75, 3.05) is 24.3 Å². The molecule has 0 radical (unpaired) electrons. The molecule has 1 unspecified atom stereocenters. The molecule has 1 atom stereocenters. The second-order valence-corrected chi connectivity index (χ2v) is 8.35. The van der Waals surface area contributed by atoms with Crippen LogP contribution in [0.4, 0.5) is 0 Å². The van der Waals surface area contributed by atoms with Crippen molar-refractivity contribution in [1.29, 1.82) is 0 Å². The number of carbonyl (C=O) groups is 1. The Morgan fingerprint density at radius 1 is 1.43 bits per heavy atom. The van der Waals surface area contributed by atoms with E-state index in [9.17, 15) is 13.2 Å². The van der Waals surface area contributed by atoms with E-state index in [1.165, 1.54) is 6.26 Å². The van der Waals surface area contributed by atoms with E-state index in [0.29, 0.717) is 17.9 Å². The molecule has 8 heteroatoms. The summed E-state index contributed by atoms with van der Waals surface area (Å²) in [6.07, 6.45) is 1.28. The number of hydrogen-bond acceptors (Lipinski definition) is 6. The van der Waals surface area contributed by atoms with Gasteiger partial charge in [0, 0.05) is 36.4 Å². The van der Waals surface area contributed by atoms with Crippen molar-refractivity contribution in [2.45, 2.75) is 11.9 Å². The van der Waals surface area contributed by atoms with E-state index < -0.39 is 15.2 Å². The molecule has 1 fully saturated rings. The van der Waals surface area contributed by atoms with Gasteiger partial charge >= 0.3 is 0 Å². The molecule has 21 heavy (non-hydrogen) atoms. The standard InChI is InChI=1S/C13H19N3O3S2/c1-21(18,19)12-9-20-7-6-16(12)8-10-2-4-11(5-3-10)13(17)15-14/h2-5,12H,6-9,14H2,1H3,(H,15,17). The highest BCUT2D eigenvalue weighted by Gasteiger charge is 2.30. The molecule has 2 rings (SSSR count). The minimum absolute atomic E-state index is 0.343. The summed E-state index contributed by atoms with van der Waals surface area (Å²) in [7, 11) is -3.10. The predicted octanol–water partition coefficient (Wildman–Crippen LogP) is 0.210. The van der Waals surface area contributed by atoms with Crippen molar-refractivity contribution in [1.82, 2.24) is 10.3 Å². The highest BCUT2D eigenvalue weighted by atomic mass is 32.2. The van der Waals surface area contributed by atoms with Gasteiger partial charge in [0.25, 0.3) is 5.91 Å². The predicted molar refractivity (Wildman–Crippen MR) is 84.5 cm³/mol. The molecule has 1 saturated heterocycles. The van der Waals surface area contributed by atoms with E-state index in [0.717, 1.165) is 17.9 Å². The van der Waals surface area contributed by atoms with E-state index in [4.69, 9.17) is 5.84 Å². The van der Waals surface area contributed by atoms with Gasteiger partial charge in [-0.2, -0.15) is 11.8 Å². The normalized spacial score (nSPS) is 20.2. The maximum absolute atomic E-state index is 11.8. The van der Waals surface area contributed by atoms with Crippen LogP contribution in [0.15, 0.2) is 24.3 Å². The Morgan fingerprint density at radius 2 is 2.10 bits per heavy atom. The SMILES string of the molecule is CS(=O)(=O)C1CSCCN1Cc1ccc(C(=O)NN)cc1. The maximum Gasteiger partial charge on any atom is 0.265 e. The molecule has 1 amide bonds. The van der Waals surface area contributed by atoms with Gasteiger partial charge in [0.1, 0.15) is 5.37 Å². The number of thioether (sulfide) groups is 1. The summed E-state index contributed by atoms with van der Waals surface area (Å²) in [5, 5.41) is -0.441. The smallest absolute Gasteiger partial charge is 0.265 e. The van der Waals surface area contributed by atoms with Gasteiger partial charge in [-0.1, -0.05) is 12.1 Å². The summed E-state index contributed by atoms with van der Waals surface area (Å²) < 4.78 is 23.7. The highest BCUT2D eigenvalue weighted by molar-refractivity contribution is 8.00. The molecule has 116 valence electrons. The summed E-state index contributed by atoms with van der Waals surface area (Å²) in [6.45, 7) is 1.30. The zero-order valence-electron chi connectivity index (χ0n) is 11.8. The number of hydrogen-bond donors (Lipinski definition) is 2. The molecule has 6 nitrogen and oxygen atoms in total. The fourth-order valence-electron chi connectivity index (χ4n) is 2.27. The van der Waals surface area contributed by atoms with Crippen LogP contribution >= 0.6 is 11.8 Å². The molecule has 0 aliphatic carbocycles. The van der Waals surface area contributed by atoms with Crippen LogP contribution < -0.4 is 11.3 Å². The number of nitrogens with two attached hydrogens (primary N) is 1. The minimum Gasteiger partial charge on any atom is -0.290 e. The van der Waals surface area contributed by atoms with Crippen LogP contribution in [0, 0.1) is 0 Å². The molecule has 0 saturated carbocycles. The third kappa shape index (κ3) is 4.19. The molecule has 1 heterocycles. The summed E-state index contributed by atoms with van der Waals surface area (Å²) >= 11 is 1.67. The lowest BCUT2D eigenvalue weighted by molar-refractivity contribution is 0.0953. The highest BCUT2D eigenvalue weighted by Crippen LogP contribution is 2.22. The molecule has 3 N–H and O–H groups in total. The van der Waals surface area contributed by atoms with Crippen molar-refractivity contribution in [3.05, 3.63) is 35.4 Å². The monoisotopic (exact) mass is 329 g/mol. The number of amides is 1. The van der Waals surface area contributed by atoms with Crippen LogP contribution in [-0.2, 0) is 16.4 Å². The lowest BCUT2D eigenvalue weighted by Crippen LogP contribution is -2.46. The summed E-state index contributed by atoms with van der Waals surface area (Å²) in [5.41, 5.74) is 3.54. The number of rotatable bonds is 4. The van der Waals surface area contributed by atoms with Crippen LogP contribution in [0.3, 0.4) is 0 Å². The van der Waals surface area contributed by atoms with Crippen molar-refractivity contribution in [2.24, 2.45) is 5.84 Å². The summed E-state index contributed by atoms with van der Waals surface area (Å²) in [6, 6.07) is 7.02. The first-order valence-electron chi connectivity index (χ1n) is 6.52. The van der Waals surface area contributed by atoms with Crippen molar-refractivity contribution in [3.63, 3.8) is 0 Å². The number of nitrogens with one attached hydrogen (secondary N) is 1. The Bertz CT molecular complexity index is 602. The van der Waals surface area contributed by atoms with Gasteiger partial charge in [0.2, 0.25) is 0 Å². The van der Waals surface area contributed by atoms with Crippen LogP contribution in [0.2, 0.25) is 0 Å². The van der Waals surface area contributed by atoms with Gasteiger partial charge in [-0.05, 0) is 17.7 Å². The van der Waals surface area contributed by atoms with Crippen molar-refractivity contribution in [3.8, 4) is 0 Å². The number of benzene rings is 1. The molecule has 1 aromatic rings. The average Bonchev–Trinajstić information content (AvgIpc) is 2.47. The van der Waals surface area contributed by atoms with E-state index in [2.05, 4.69) is 5.43 Å². The average molecular weight is 329 g/mol. The van der Waals surface area contributed by atoms with Gasteiger partial charge in [-0.3, -0.25) is 15.1 Å².